The molecular formula is C19H22FN5O4S. The SMILES string of the molecule is CCn1cc(S(=O)(=O)N2CCC(c3nc(CCOc4ccc(F)cc4)no3)C2)cn1. The summed E-state index contributed by atoms with van der Waals surface area (Å²) in [5, 5.41) is 8.01. The van der Waals surface area contributed by atoms with E-state index in [1.807, 2.05) is 6.92 Å². The molecule has 1 atom stereocenters. The van der Waals surface area contributed by atoms with Gasteiger partial charge in [-0.25, -0.2) is 12.8 Å². The van der Waals surface area contributed by atoms with Crippen LogP contribution < -0.4 is 4.74 Å². The van der Waals surface area contributed by atoms with Crippen molar-refractivity contribution in [3.05, 3.63) is 54.2 Å². The minimum absolute atomic E-state index is 0.153. The van der Waals surface area contributed by atoms with Crippen molar-refractivity contribution < 1.29 is 22.1 Å². The van der Waals surface area contributed by atoms with Gasteiger partial charge in [0.1, 0.15) is 16.5 Å². The van der Waals surface area contributed by atoms with Crippen molar-refractivity contribution in [2.45, 2.75) is 37.1 Å². The van der Waals surface area contributed by atoms with E-state index in [-0.39, 0.29) is 23.2 Å². The van der Waals surface area contributed by atoms with Gasteiger partial charge in [-0.15, -0.1) is 0 Å². The molecule has 1 aliphatic heterocycles. The van der Waals surface area contributed by atoms with Crippen molar-refractivity contribution in [2.75, 3.05) is 19.7 Å². The zero-order chi connectivity index (χ0) is 21.1. The quantitative estimate of drug-likeness (QED) is 0.534. The zero-order valence-corrected chi connectivity index (χ0v) is 17.3. The molecule has 0 saturated carbocycles. The van der Waals surface area contributed by atoms with Gasteiger partial charge in [0.25, 0.3) is 0 Å². The molecule has 3 heterocycles. The number of aromatic nitrogens is 4. The maximum absolute atomic E-state index is 12.9. The number of benzene rings is 1. The Morgan fingerprint density at radius 3 is 2.83 bits per heavy atom. The Kier molecular flexibility index (Phi) is 5.82. The standard InChI is InChI=1S/C19H22FN5O4S/c1-2-24-13-17(11-21-24)30(26,27)25-9-7-14(12-25)19-22-18(23-29-19)8-10-28-16-5-3-15(20)4-6-16/h3-6,11,13-14H,2,7-10,12H2,1H3. The third kappa shape index (κ3) is 4.36. The van der Waals surface area contributed by atoms with Crippen molar-refractivity contribution >= 4 is 10.0 Å². The summed E-state index contributed by atoms with van der Waals surface area (Å²) in [6, 6.07) is 5.76. The van der Waals surface area contributed by atoms with Crippen molar-refractivity contribution in [2.24, 2.45) is 0 Å². The van der Waals surface area contributed by atoms with E-state index in [1.165, 1.54) is 28.8 Å². The molecule has 1 unspecified atom stereocenters. The normalized spacial score (nSPS) is 17.5. The molecule has 0 bridgehead atoms. The van der Waals surface area contributed by atoms with Crippen LogP contribution in [-0.4, -0.2) is 52.3 Å². The summed E-state index contributed by atoms with van der Waals surface area (Å²) in [6.07, 6.45) is 3.94. The molecule has 0 radical (unpaired) electrons. The Morgan fingerprint density at radius 2 is 2.10 bits per heavy atom. The second-order valence-corrected chi connectivity index (χ2v) is 8.92. The zero-order valence-electron chi connectivity index (χ0n) is 16.4. The lowest BCUT2D eigenvalue weighted by Crippen LogP contribution is -2.28. The van der Waals surface area contributed by atoms with Crippen LogP contribution in [0.4, 0.5) is 4.39 Å². The van der Waals surface area contributed by atoms with Crippen LogP contribution >= 0.6 is 0 Å². The molecule has 0 N–H and O–H groups in total. The first-order valence-corrected chi connectivity index (χ1v) is 11.1. The van der Waals surface area contributed by atoms with Crippen molar-refractivity contribution in [3.63, 3.8) is 0 Å². The lowest BCUT2D eigenvalue weighted by molar-refractivity contribution is 0.312. The number of ether oxygens (including phenoxy) is 1. The third-order valence-corrected chi connectivity index (χ3v) is 6.78. The second kappa shape index (κ2) is 8.52. The van der Waals surface area contributed by atoms with Crippen LogP contribution in [0.15, 0.2) is 46.1 Å². The van der Waals surface area contributed by atoms with Gasteiger partial charge in [0.05, 0.1) is 18.7 Å². The van der Waals surface area contributed by atoms with Crippen LogP contribution in [0.1, 0.15) is 31.0 Å². The Labute approximate surface area is 173 Å². The molecular weight excluding hydrogens is 413 g/mol. The Balaban J connectivity index is 1.33. The minimum atomic E-state index is -3.60. The first kappa shape index (κ1) is 20.5. The molecule has 0 amide bonds. The van der Waals surface area contributed by atoms with Crippen LogP contribution in [0.2, 0.25) is 0 Å². The fourth-order valence-electron chi connectivity index (χ4n) is 3.27. The fourth-order valence-corrected chi connectivity index (χ4v) is 4.73. The van der Waals surface area contributed by atoms with Gasteiger partial charge >= 0.3 is 0 Å². The minimum Gasteiger partial charge on any atom is -0.493 e. The highest BCUT2D eigenvalue weighted by atomic mass is 32.2. The van der Waals surface area contributed by atoms with Gasteiger partial charge < -0.3 is 9.26 Å². The maximum Gasteiger partial charge on any atom is 0.246 e. The number of sulfonamides is 1. The van der Waals surface area contributed by atoms with E-state index in [0.717, 1.165) is 0 Å². The summed E-state index contributed by atoms with van der Waals surface area (Å²) in [4.78, 5) is 4.58. The molecule has 2 aromatic heterocycles. The maximum atomic E-state index is 12.9. The third-order valence-electron chi connectivity index (χ3n) is 4.96. The first-order valence-electron chi connectivity index (χ1n) is 9.69. The molecule has 3 aromatic rings. The van der Waals surface area contributed by atoms with Crippen LogP contribution in [0.5, 0.6) is 5.75 Å². The van der Waals surface area contributed by atoms with E-state index < -0.39 is 10.0 Å². The summed E-state index contributed by atoms with van der Waals surface area (Å²) in [5.41, 5.74) is 0. The Morgan fingerprint density at radius 1 is 1.30 bits per heavy atom. The van der Waals surface area contributed by atoms with Crippen LogP contribution in [0, 0.1) is 5.82 Å². The van der Waals surface area contributed by atoms with Crippen LogP contribution in [0.3, 0.4) is 0 Å². The van der Waals surface area contributed by atoms with Gasteiger partial charge in [-0.05, 0) is 37.6 Å². The highest BCUT2D eigenvalue weighted by Gasteiger charge is 2.36. The van der Waals surface area contributed by atoms with Gasteiger partial charge in [0, 0.05) is 32.3 Å². The Hall–Kier alpha value is -2.79. The highest BCUT2D eigenvalue weighted by molar-refractivity contribution is 7.89. The fraction of sp³-hybridized carbons (Fsp3) is 0.421. The number of rotatable bonds is 8. The molecule has 1 fully saturated rings. The summed E-state index contributed by atoms with van der Waals surface area (Å²) in [7, 11) is -3.60. The molecule has 160 valence electrons. The van der Waals surface area contributed by atoms with Crippen molar-refractivity contribution in [1.82, 2.24) is 24.2 Å². The average molecular weight is 435 g/mol. The summed E-state index contributed by atoms with van der Waals surface area (Å²) >= 11 is 0. The molecule has 30 heavy (non-hydrogen) atoms. The van der Waals surface area contributed by atoms with Gasteiger partial charge in [0.2, 0.25) is 15.9 Å². The predicted octanol–water partition coefficient (Wildman–Crippen LogP) is 2.22. The number of halogens is 1. The molecule has 0 aliphatic carbocycles. The van der Waals surface area contributed by atoms with E-state index in [9.17, 15) is 12.8 Å². The number of aryl methyl sites for hydroxylation is 1. The number of hydrogen-bond donors (Lipinski definition) is 0. The Bertz CT molecular complexity index is 1100. The molecule has 1 aromatic carbocycles. The summed E-state index contributed by atoms with van der Waals surface area (Å²) in [6.45, 7) is 3.49. The predicted molar refractivity (Wildman–Crippen MR) is 104 cm³/mol. The lowest BCUT2D eigenvalue weighted by Gasteiger charge is -2.14. The van der Waals surface area contributed by atoms with E-state index >= 15 is 0 Å². The van der Waals surface area contributed by atoms with E-state index in [2.05, 4.69) is 15.2 Å². The van der Waals surface area contributed by atoms with Gasteiger partial charge in [0.15, 0.2) is 5.82 Å². The molecule has 1 aliphatic rings. The van der Waals surface area contributed by atoms with E-state index in [4.69, 9.17) is 9.26 Å². The van der Waals surface area contributed by atoms with E-state index in [0.29, 0.717) is 50.0 Å². The van der Waals surface area contributed by atoms with Gasteiger partial charge in [-0.1, -0.05) is 5.16 Å². The lowest BCUT2D eigenvalue weighted by atomic mass is 10.1. The molecule has 1 saturated heterocycles. The van der Waals surface area contributed by atoms with Crippen LogP contribution in [0.25, 0.3) is 0 Å². The summed E-state index contributed by atoms with van der Waals surface area (Å²) in [5.74, 6) is 0.992. The van der Waals surface area contributed by atoms with Crippen LogP contribution in [-0.2, 0) is 23.0 Å². The number of hydrogen-bond acceptors (Lipinski definition) is 7. The highest BCUT2D eigenvalue weighted by Crippen LogP contribution is 2.30. The van der Waals surface area contributed by atoms with Crippen molar-refractivity contribution in [3.8, 4) is 5.75 Å². The largest absolute Gasteiger partial charge is 0.493 e. The molecule has 0 spiro atoms. The van der Waals surface area contributed by atoms with E-state index in [1.54, 1.807) is 16.8 Å². The van der Waals surface area contributed by atoms with Gasteiger partial charge in [-0.2, -0.15) is 14.4 Å². The monoisotopic (exact) mass is 435 g/mol. The van der Waals surface area contributed by atoms with Crippen molar-refractivity contribution in [1.29, 1.82) is 0 Å². The molecule has 11 heteroatoms. The molecule has 9 nitrogen and oxygen atoms in total. The smallest absolute Gasteiger partial charge is 0.246 e. The first-order chi connectivity index (χ1) is 14.5. The summed E-state index contributed by atoms with van der Waals surface area (Å²) < 4.78 is 52.4. The van der Waals surface area contributed by atoms with Gasteiger partial charge in [-0.3, -0.25) is 4.68 Å². The molecule has 4 rings (SSSR count). The number of nitrogens with zero attached hydrogens (tertiary/aromatic N) is 5. The average Bonchev–Trinajstić information content (AvgIpc) is 3.49. The second-order valence-electron chi connectivity index (χ2n) is 6.98. The topological polar surface area (TPSA) is 103 Å².